The van der Waals surface area contributed by atoms with Crippen molar-refractivity contribution in [2.75, 3.05) is 13.5 Å². The van der Waals surface area contributed by atoms with Crippen molar-refractivity contribution in [3.8, 4) is 0 Å². The van der Waals surface area contributed by atoms with E-state index in [-0.39, 0.29) is 33.4 Å². The Kier molecular flexibility index (Phi) is 7.52. The van der Waals surface area contributed by atoms with E-state index in [0.29, 0.717) is 0 Å². The first-order valence-electron chi connectivity index (χ1n) is 3.68. The first-order valence-corrected chi connectivity index (χ1v) is 5.31. The fourth-order valence-electron chi connectivity index (χ4n) is 0.458. The monoisotopic (exact) mass is 282 g/mol. The van der Waals surface area contributed by atoms with Gasteiger partial charge >= 0.3 is 0 Å². The molecule has 84 valence electrons. The van der Waals surface area contributed by atoms with Crippen molar-refractivity contribution >= 4 is 68.8 Å². The number of hydrogen-bond acceptors (Lipinski definition) is 5. The van der Waals surface area contributed by atoms with E-state index in [1.165, 1.54) is 0 Å². The van der Waals surface area contributed by atoms with E-state index < -0.39 is 0 Å². The molecule has 0 aromatic rings. The molecule has 0 fully saturated rings. The highest BCUT2D eigenvalue weighted by molar-refractivity contribution is 7.89. The predicted molar refractivity (Wildman–Crippen MR) is 75.9 cm³/mol. The molecule has 0 aliphatic carbocycles. The maximum atomic E-state index is 5.24. The van der Waals surface area contributed by atoms with Crippen molar-refractivity contribution in [3.63, 3.8) is 0 Å². The lowest BCUT2D eigenvalue weighted by molar-refractivity contribution is 0.125. The topological polar surface area (TPSA) is 85.3 Å². The van der Waals surface area contributed by atoms with Gasteiger partial charge in [0.2, 0.25) is 0 Å². The van der Waals surface area contributed by atoms with Crippen LogP contribution in [0.3, 0.4) is 0 Å². The van der Waals surface area contributed by atoms with Crippen LogP contribution in [0.1, 0.15) is 0 Å². The van der Waals surface area contributed by atoms with Crippen LogP contribution in [-0.4, -0.2) is 33.4 Å². The summed E-state index contributed by atoms with van der Waals surface area (Å²) in [5.41, 5.74) is 10.5. The second-order valence-electron chi connectivity index (χ2n) is 2.23. The lowest BCUT2D eigenvalue weighted by Gasteiger charge is -2.09. The molecule has 0 aliphatic heterocycles. The largest absolute Gasteiger partial charge is 0.388 e. The van der Waals surface area contributed by atoms with Crippen LogP contribution in [0.25, 0.3) is 0 Å². The highest BCUT2D eigenvalue weighted by Crippen LogP contribution is 1.77. The molecule has 9 heteroatoms. The second kappa shape index (κ2) is 7.77. The predicted octanol–water partition coefficient (Wildman–Crippen LogP) is -0.676. The van der Waals surface area contributed by atoms with Crippen LogP contribution in [0, 0.1) is 0 Å². The zero-order valence-corrected chi connectivity index (χ0v) is 10.9. The van der Waals surface area contributed by atoms with E-state index >= 15 is 0 Å². The van der Waals surface area contributed by atoms with Crippen molar-refractivity contribution in [2.45, 2.75) is 0 Å². The molecule has 0 saturated carbocycles. The molecule has 0 amide bonds. The van der Waals surface area contributed by atoms with Crippen molar-refractivity contribution in [3.05, 3.63) is 0 Å². The summed E-state index contributed by atoms with van der Waals surface area (Å²) in [6, 6.07) is 0. The van der Waals surface area contributed by atoms with Gasteiger partial charge in [-0.05, 0) is 0 Å². The lowest BCUT2D eigenvalue weighted by Crippen LogP contribution is -2.38. The molecule has 0 aliphatic rings. The fourth-order valence-corrected chi connectivity index (χ4v) is 0.721. The smallest absolute Gasteiger partial charge is 0.135 e. The third kappa shape index (κ3) is 7.45. The minimum Gasteiger partial charge on any atom is -0.388 e. The first-order chi connectivity index (χ1) is 6.95. The van der Waals surface area contributed by atoms with Gasteiger partial charge in [-0.25, -0.2) is 0 Å². The SMILES string of the molecule is NC(=S)C(=S)NCOCNC(=S)C(N)=S. The Hall–Kier alpha value is -0.480. The average Bonchev–Trinajstić information content (AvgIpc) is 2.16. The molecule has 0 saturated heterocycles. The molecule has 0 heterocycles. The van der Waals surface area contributed by atoms with Gasteiger partial charge in [-0.15, -0.1) is 0 Å². The van der Waals surface area contributed by atoms with Crippen LogP contribution in [-0.2, 0) is 4.74 Å². The molecule has 5 nitrogen and oxygen atoms in total. The van der Waals surface area contributed by atoms with Gasteiger partial charge in [-0.1, -0.05) is 48.9 Å². The van der Waals surface area contributed by atoms with E-state index in [4.69, 9.17) is 40.6 Å². The Morgan fingerprint density at radius 2 is 1.20 bits per heavy atom. The van der Waals surface area contributed by atoms with Gasteiger partial charge in [0, 0.05) is 0 Å². The van der Waals surface area contributed by atoms with E-state index in [1.807, 2.05) is 0 Å². The number of hydrogen-bond donors (Lipinski definition) is 4. The summed E-state index contributed by atoms with van der Waals surface area (Å²) in [6.07, 6.45) is 0. The van der Waals surface area contributed by atoms with Gasteiger partial charge in [0.15, 0.2) is 0 Å². The summed E-state index contributed by atoms with van der Waals surface area (Å²) >= 11 is 18.8. The summed E-state index contributed by atoms with van der Waals surface area (Å²) in [5, 5.41) is 5.36. The maximum absolute atomic E-state index is 5.24. The Bertz CT molecular complexity index is 265. The average molecular weight is 282 g/mol. The Labute approximate surface area is 109 Å². The maximum Gasteiger partial charge on any atom is 0.135 e. The summed E-state index contributed by atoms with van der Waals surface area (Å²) in [6.45, 7) is 0.340. The summed E-state index contributed by atoms with van der Waals surface area (Å²) in [5.74, 6) is 0. The van der Waals surface area contributed by atoms with Crippen molar-refractivity contribution < 1.29 is 4.74 Å². The van der Waals surface area contributed by atoms with Crippen LogP contribution in [0.15, 0.2) is 0 Å². The Morgan fingerprint density at radius 1 is 0.867 bits per heavy atom. The molecule has 0 rings (SSSR count). The molecule has 0 unspecified atom stereocenters. The standard InChI is InChI=1S/C6H10N4OS4/c7-3(12)5(14)9-1-11-2-10-6(15)4(8)13/h1-2H2,(H2,7,12)(H2,8,13)(H,9,14)(H,10,15). The minimum absolute atomic E-state index is 0.125. The van der Waals surface area contributed by atoms with Crippen molar-refractivity contribution in [2.24, 2.45) is 11.5 Å². The highest BCUT2D eigenvalue weighted by atomic mass is 32.1. The minimum atomic E-state index is 0.125. The molecular formula is C6H10N4OS4. The van der Waals surface area contributed by atoms with Gasteiger partial charge in [0.05, 0.1) is 0 Å². The second-order valence-corrected chi connectivity index (χ2v) is 3.93. The van der Waals surface area contributed by atoms with Crippen LogP contribution in [0.4, 0.5) is 0 Å². The van der Waals surface area contributed by atoms with E-state index in [0.717, 1.165) is 0 Å². The molecule has 0 spiro atoms. The summed E-state index contributed by atoms with van der Waals surface area (Å²) in [4.78, 5) is 0.810. The summed E-state index contributed by atoms with van der Waals surface area (Å²) < 4.78 is 5.05. The van der Waals surface area contributed by atoms with E-state index in [1.54, 1.807) is 0 Å². The molecule has 15 heavy (non-hydrogen) atoms. The molecular weight excluding hydrogens is 272 g/mol. The van der Waals surface area contributed by atoms with Crippen LogP contribution in [0.5, 0.6) is 0 Å². The van der Waals surface area contributed by atoms with E-state index in [2.05, 4.69) is 35.1 Å². The van der Waals surface area contributed by atoms with Crippen LogP contribution in [0.2, 0.25) is 0 Å². The number of nitrogens with two attached hydrogens (primary N) is 2. The number of thiocarbonyl (C=S) groups is 4. The van der Waals surface area contributed by atoms with Gasteiger partial charge in [0.25, 0.3) is 0 Å². The van der Waals surface area contributed by atoms with Crippen LogP contribution >= 0.6 is 48.9 Å². The molecule has 0 aromatic carbocycles. The van der Waals surface area contributed by atoms with Crippen molar-refractivity contribution in [1.29, 1.82) is 0 Å². The zero-order valence-electron chi connectivity index (χ0n) is 7.61. The Balaban J connectivity index is 3.48. The number of nitrogens with one attached hydrogen (secondary N) is 2. The van der Waals surface area contributed by atoms with Gasteiger partial charge in [-0.2, -0.15) is 0 Å². The normalized spacial score (nSPS) is 9.07. The molecule has 0 aromatic heterocycles. The first kappa shape index (κ1) is 14.5. The fraction of sp³-hybridized carbons (Fsp3) is 0.333. The molecule has 0 bridgehead atoms. The molecule has 6 N–H and O–H groups in total. The van der Waals surface area contributed by atoms with Gasteiger partial charge < -0.3 is 26.8 Å². The number of rotatable bonds is 4. The Morgan fingerprint density at radius 3 is 1.47 bits per heavy atom. The van der Waals surface area contributed by atoms with Gasteiger partial charge in [0.1, 0.15) is 33.4 Å². The third-order valence-electron chi connectivity index (χ3n) is 1.12. The summed E-state index contributed by atoms with van der Waals surface area (Å²) in [7, 11) is 0. The molecule has 0 radical (unpaired) electrons. The van der Waals surface area contributed by atoms with Crippen LogP contribution < -0.4 is 22.1 Å². The number of ether oxygens (including phenoxy) is 1. The highest BCUT2D eigenvalue weighted by Gasteiger charge is 1.99. The van der Waals surface area contributed by atoms with Gasteiger partial charge in [-0.3, -0.25) is 0 Å². The zero-order chi connectivity index (χ0) is 11.8. The third-order valence-corrected chi connectivity index (χ3v) is 2.51. The lowest BCUT2D eigenvalue weighted by atomic mass is 10.6. The molecule has 0 atom stereocenters. The quantitative estimate of drug-likeness (QED) is 0.304. The van der Waals surface area contributed by atoms with E-state index in [9.17, 15) is 0 Å². The van der Waals surface area contributed by atoms with Crippen molar-refractivity contribution in [1.82, 2.24) is 10.6 Å².